The number of tetrazole rings is 1. The molecule has 0 aliphatic rings. The number of nitrogens with zero attached hydrogens (tertiary/aromatic N) is 4. The van der Waals surface area contributed by atoms with Gasteiger partial charge in [-0.25, -0.2) is 0 Å². The maximum atomic E-state index is 11.4. The van der Waals surface area contributed by atoms with Gasteiger partial charge in [-0.2, -0.15) is 4.52 Å². The second kappa shape index (κ2) is 2.38. The fourth-order valence-electron chi connectivity index (χ4n) is 1.43. The Kier molecular flexibility index (Phi) is 1.22. The van der Waals surface area contributed by atoms with Gasteiger partial charge in [0, 0.05) is 0 Å². The van der Waals surface area contributed by atoms with Gasteiger partial charge in [0.2, 0.25) is 5.65 Å². The van der Waals surface area contributed by atoms with E-state index in [1.165, 1.54) is 4.52 Å². The van der Waals surface area contributed by atoms with Gasteiger partial charge in [-0.3, -0.25) is 4.79 Å². The summed E-state index contributed by atoms with van der Waals surface area (Å²) in [6.45, 7) is 0. The Labute approximate surface area is 77.2 Å². The van der Waals surface area contributed by atoms with Gasteiger partial charge in [0.1, 0.15) is 0 Å². The van der Waals surface area contributed by atoms with Crippen molar-refractivity contribution in [3.8, 4) is 0 Å². The molecule has 0 aliphatic heterocycles. The van der Waals surface area contributed by atoms with Crippen molar-refractivity contribution in [2.24, 2.45) is 0 Å². The number of nitrogens with one attached hydrogen (secondary N) is 1. The van der Waals surface area contributed by atoms with Crippen molar-refractivity contribution in [3.63, 3.8) is 0 Å². The Morgan fingerprint density at radius 1 is 1.29 bits per heavy atom. The number of rotatable bonds is 0. The van der Waals surface area contributed by atoms with Crippen molar-refractivity contribution in [2.45, 2.75) is 0 Å². The number of hydrogen-bond acceptors (Lipinski definition) is 4. The van der Waals surface area contributed by atoms with E-state index in [1.54, 1.807) is 6.07 Å². The molecule has 68 valence electrons. The van der Waals surface area contributed by atoms with Gasteiger partial charge in [0.15, 0.2) is 0 Å². The summed E-state index contributed by atoms with van der Waals surface area (Å²) in [6, 6.07) is 7.35. The zero-order valence-corrected chi connectivity index (χ0v) is 7.01. The molecule has 6 nitrogen and oxygen atoms in total. The van der Waals surface area contributed by atoms with E-state index in [4.69, 9.17) is 0 Å². The third-order valence-corrected chi connectivity index (χ3v) is 2.05. The normalized spacial score (nSPS) is 11.1. The zero-order valence-electron chi connectivity index (χ0n) is 7.01. The van der Waals surface area contributed by atoms with E-state index >= 15 is 0 Å². The predicted molar refractivity (Wildman–Crippen MR) is 48.9 cm³/mol. The molecule has 2 heterocycles. The van der Waals surface area contributed by atoms with E-state index in [9.17, 15) is 4.79 Å². The van der Waals surface area contributed by atoms with E-state index in [1.807, 2.05) is 18.2 Å². The molecule has 1 N–H and O–H groups in total. The van der Waals surface area contributed by atoms with Crippen LogP contribution >= 0.6 is 0 Å². The van der Waals surface area contributed by atoms with Crippen molar-refractivity contribution >= 4 is 16.7 Å². The first kappa shape index (κ1) is 7.19. The zero-order chi connectivity index (χ0) is 9.54. The van der Waals surface area contributed by atoms with Crippen LogP contribution < -0.4 is 5.56 Å². The van der Waals surface area contributed by atoms with Gasteiger partial charge in [0.25, 0.3) is 5.56 Å². The first-order chi connectivity index (χ1) is 6.86. The Bertz CT molecular complexity index is 668. The van der Waals surface area contributed by atoms with Gasteiger partial charge < -0.3 is 4.98 Å². The second-order valence-corrected chi connectivity index (χ2v) is 2.89. The summed E-state index contributed by atoms with van der Waals surface area (Å²) < 4.78 is 1.42. The molecular formula is C8H5N5O. The lowest BCUT2D eigenvalue weighted by molar-refractivity contribution is 0.840. The summed E-state index contributed by atoms with van der Waals surface area (Å²) in [4.78, 5) is 14.1. The highest BCUT2D eigenvalue weighted by Gasteiger charge is 2.05. The van der Waals surface area contributed by atoms with E-state index < -0.39 is 0 Å². The molecule has 2 aromatic heterocycles. The summed E-state index contributed by atoms with van der Waals surface area (Å²) in [5.41, 5.74) is 1.43. The van der Waals surface area contributed by atoms with Gasteiger partial charge in [-0.15, -0.1) is 5.10 Å². The maximum absolute atomic E-state index is 11.4. The van der Waals surface area contributed by atoms with Gasteiger partial charge in [0.05, 0.1) is 11.0 Å². The quantitative estimate of drug-likeness (QED) is 0.536. The molecule has 0 atom stereocenters. The predicted octanol–water partition coefficient (Wildman–Crippen LogP) is -0.0342. The van der Waals surface area contributed by atoms with E-state index in [0.29, 0.717) is 0 Å². The SMILES string of the molecule is O=c1[nH]c2ccccc2n2nnnc12. The molecule has 6 heteroatoms. The third-order valence-electron chi connectivity index (χ3n) is 2.05. The van der Waals surface area contributed by atoms with Crippen molar-refractivity contribution in [2.75, 3.05) is 0 Å². The van der Waals surface area contributed by atoms with Gasteiger partial charge in [-0.05, 0) is 22.6 Å². The summed E-state index contributed by atoms with van der Waals surface area (Å²) in [5, 5.41) is 10.8. The van der Waals surface area contributed by atoms with Crippen LogP contribution in [-0.2, 0) is 0 Å². The largest absolute Gasteiger partial charge is 0.317 e. The molecule has 0 aliphatic carbocycles. The van der Waals surface area contributed by atoms with Crippen molar-refractivity contribution in [3.05, 3.63) is 34.6 Å². The second-order valence-electron chi connectivity index (χ2n) is 2.89. The fraction of sp³-hybridized carbons (Fsp3) is 0. The Morgan fingerprint density at radius 3 is 3.07 bits per heavy atom. The number of H-pyrrole nitrogens is 1. The highest BCUT2D eigenvalue weighted by molar-refractivity contribution is 5.76. The standard InChI is InChI=1S/C8H5N5O/c14-8-7-10-11-12-13(7)6-4-2-1-3-5(6)9-8/h1-4H,(H,9,14). The minimum Gasteiger partial charge on any atom is -0.317 e. The van der Waals surface area contributed by atoms with Crippen LogP contribution in [0.3, 0.4) is 0 Å². The number of para-hydroxylation sites is 2. The van der Waals surface area contributed by atoms with Crippen molar-refractivity contribution < 1.29 is 0 Å². The summed E-state index contributed by atoms with van der Waals surface area (Å²) in [6.07, 6.45) is 0. The van der Waals surface area contributed by atoms with Crippen LogP contribution in [0.4, 0.5) is 0 Å². The fourth-order valence-corrected chi connectivity index (χ4v) is 1.43. The minimum absolute atomic E-state index is 0.212. The average Bonchev–Trinajstić information content (AvgIpc) is 2.67. The molecular weight excluding hydrogens is 182 g/mol. The number of benzene rings is 1. The molecule has 0 unspecified atom stereocenters. The van der Waals surface area contributed by atoms with E-state index in [-0.39, 0.29) is 11.2 Å². The lowest BCUT2D eigenvalue weighted by atomic mass is 10.3. The highest BCUT2D eigenvalue weighted by atomic mass is 16.1. The smallest absolute Gasteiger partial charge is 0.295 e. The lowest BCUT2D eigenvalue weighted by Crippen LogP contribution is -2.11. The Balaban J connectivity index is 2.73. The van der Waals surface area contributed by atoms with Gasteiger partial charge >= 0.3 is 0 Å². The molecule has 3 rings (SSSR count). The van der Waals surface area contributed by atoms with Crippen LogP contribution in [-0.4, -0.2) is 25.0 Å². The van der Waals surface area contributed by atoms with E-state index in [2.05, 4.69) is 20.5 Å². The minimum atomic E-state index is -0.284. The first-order valence-corrected chi connectivity index (χ1v) is 4.05. The summed E-state index contributed by atoms with van der Waals surface area (Å²) in [7, 11) is 0. The van der Waals surface area contributed by atoms with Crippen LogP contribution in [0, 0.1) is 0 Å². The molecule has 0 bridgehead atoms. The molecule has 0 radical (unpaired) electrons. The molecule has 0 spiro atoms. The average molecular weight is 187 g/mol. The van der Waals surface area contributed by atoms with Crippen LogP contribution in [0.1, 0.15) is 0 Å². The Hall–Kier alpha value is -2.24. The number of aromatic amines is 1. The van der Waals surface area contributed by atoms with E-state index in [0.717, 1.165) is 11.0 Å². The lowest BCUT2D eigenvalue weighted by Gasteiger charge is -1.97. The van der Waals surface area contributed by atoms with Crippen LogP contribution in [0.2, 0.25) is 0 Å². The molecule has 0 fully saturated rings. The summed E-state index contributed by atoms with van der Waals surface area (Å²) in [5.74, 6) is 0. The summed E-state index contributed by atoms with van der Waals surface area (Å²) >= 11 is 0. The molecule has 14 heavy (non-hydrogen) atoms. The van der Waals surface area contributed by atoms with Crippen molar-refractivity contribution in [1.29, 1.82) is 0 Å². The molecule has 0 amide bonds. The topological polar surface area (TPSA) is 75.9 Å². The maximum Gasteiger partial charge on any atom is 0.295 e. The highest BCUT2D eigenvalue weighted by Crippen LogP contribution is 2.07. The van der Waals surface area contributed by atoms with Gasteiger partial charge in [-0.1, -0.05) is 12.1 Å². The Morgan fingerprint density at radius 2 is 2.14 bits per heavy atom. The number of fused-ring (bicyclic) bond motifs is 3. The van der Waals surface area contributed by atoms with Crippen LogP contribution in [0.25, 0.3) is 16.7 Å². The molecule has 0 saturated carbocycles. The molecule has 3 aromatic rings. The monoisotopic (exact) mass is 187 g/mol. The first-order valence-electron chi connectivity index (χ1n) is 4.05. The number of hydrogen-bond donors (Lipinski definition) is 1. The van der Waals surface area contributed by atoms with Crippen molar-refractivity contribution in [1.82, 2.24) is 25.0 Å². The van der Waals surface area contributed by atoms with Crippen LogP contribution in [0.5, 0.6) is 0 Å². The van der Waals surface area contributed by atoms with Crippen LogP contribution in [0.15, 0.2) is 29.1 Å². The third kappa shape index (κ3) is 0.792. The molecule has 1 aromatic carbocycles. The molecule has 0 saturated heterocycles. The number of aromatic nitrogens is 5.